The van der Waals surface area contributed by atoms with Crippen molar-refractivity contribution in [2.75, 3.05) is 6.79 Å². The number of nitrogens with zero attached hydrogens (tertiary/aromatic N) is 1. The van der Waals surface area contributed by atoms with Gasteiger partial charge in [-0.15, -0.1) is 0 Å². The Morgan fingerprint density at radius 1 is 1.50 bits per heavy atom. The first-order valence-electron chi connectivity index (χ1n) is 8.34. The number of aryl methyl sites for hydroxylation is 1. The third-order valence-corrected chi connectivity index (χ3v) is 4.50. The third-order valence-electron chi connectivity index (χ3n) is 4.17. The maximum Gasteiger partial charge on any atom is 0.356 e. The van der Waals surface area contributed by atoms with Crippen LogP contribution >= 0.6 is 11.6 Å². The number of aromatic amines is 1. The lowest BCUT2D eigenvalue weighted by molar-refractivity contribution is 0.0318. The molecule has 0 saturated carbocycles. The van der Waals surface area contributed by atoms with Gasteiger partial charge in [-0.25, -0.2) is 9.78 Å². The van der Waals surface area contributed by atoms with Gasteiger partial charge in [-0.3, -0.25) is 4.79 Å². The molecular weight excluding hydrogens is 360 g/mol. The van der Waals surface area contributed by atoms with E-state index in [-0.39, 0.29) is 12.9 Å². The number of imidazole rings is 1. The van der Waals surface area contributed by atoms with Crippen molar-refractivity contribution in [3.8, 4) is 11.5 Å². The molecule has 0 spiro atoms. The van der Waals surface area contributed by atoms with Gasteiger partial charge in [-0.1, -0.05) is 18.5 Å². The van der Waals surface area contributed by atoms with Crippen LogP contribution in [0, 0.1) is 0 Å². The van der Waals surface area contributed by atoms with Gasteiger partial charge in [0.1, 0.15) is 11.5 Å². The highest BCUT2D eigenvalue weighted by Gasteiger charge is 2.24. The van der Waals surface area contributed by atoms with Gasteiger partial charge in [0, 0.05) is 17.5 Å². The Morgan fingerprint density at radius 2 is 2.31 bits per heavy atom. The minimum Gasteiger partial charge on any atom is -0.458 e. The number of benzene rings is 1. The Balaban J connectivity index is 1.65. The Hall–Kier alpha value is -2.54. The molecule has 0 saturated heterocycles. The molecule has 8 heteroatoms. The Bertz CT molecular complexity index is 833. The van der Waals surface area contributed by atoms with Crippen molar-refractivity contribution in [3.05, 3.63) is 39.9 Å². The molecule has 7 nitrogen and oxygen atoms in total. The van der Waals surface area contributed by atoms with Gasteiger partial charge in [0.2, 0.25) is 6.79 Å². The molecule has 1 aromatic carbocycles. The zero-order chi connectivity index (χ0) is 18.7. The number of fused-ring (bicyclic) bond motifs is 1. The number of carbonyl (C=O) groups excluding carboxylic acids is 2. The number of H-pyrrole nitrogens is 1. The van der Waals surface area contributed by atoms with Gasteiger partial charge < -0.3 is 19.2 Å². The molecule has 0 bridgehead atoms. The molecule has 0 amide bonds. The molecule has 1 atom stereocenters. The zero-order valence-corrected chi connectivity index (χ0v) is 15.3. The molecule has 1 aliphatic rings. The van der Waals surface area contributed by atoms with E-state index in [1.165, 1.54) is 6.20 Å². The highest BCUT2D eigenvalue weighted by atomic mass is 35.5. The summed E-state index contributed by atoms with van der Waals surface area (Å²) in [5.74, 6) is 1.14. The summed E-state index contributed by atoms with van der Waals surface area (Å²) in [6, 6.07) is 1.64. The predicted molar refractivity (Wildman–Crippen MR) is 94.1 cm³/mol. The summed E-state index contributed by atoms with van der Waals surface area (Å²) >= 11 is 6.28. The Labute approximate surface area is 155 Å². The van der Waals surface area contributed by atoms with Gasteiger partial charge in [0.25, 0.3) is 0 Å². The maximum atomic E-state index is 12.1. The molecule has 0 fully saturated rings. The van der Waals surface area contributed by atoms with Gasteiger partial charge in [-0.2, -0.15) is 0 Å². The van der Waals surface area contributed by atoms with E-state index in [1.54, 1.807) is 13.0 Å². The molecule has 0 radical (unpaired) electrons. The lowest BCUT2D eigenvalue weighted by Crippen LogP contribution is -2.16. The summed E-state index contributed by atoms with van der Waals surface area (Å²) in [5.41, 5.74) is 1.36. The van der Waals surface area contributed by atoms with E-state index < -0.39 is 5.97 Å². The van der Waals surface area contributed by atoms with Crippen LogP contribution in [0.25, 0.3) is 0 Å². The average molecular weight is 379 g/mol. The fourth-order valence-corrected chi connectivity index (χ4v) is 3.05. The molecule has 0 aliphatic carbocycles. The van der Waals surface area contributed by atoms with Crippen LogP contribution in [0.3, 0.4) is 0 Å². The van der Waals surface area contributed by atoms with E-state index in [0.717, 1.165) is 5.82 Å². The van der Waals surface area contributed by atoms with Crippen molar-refractivity contribution in [1.29, 1.82) is 0 Å². The van der Waals surface area contributed by atoms with Gasteiger partial charge in [0.15, 0.2) is 17.8 Å². The molecule has 1 N–H and O–H groups in total. The summed E-state index contributed by atoms with van der Waals surface area (Å²) in [5, 5.41) is 0.427. The third kappa shape index (κ3) is 3.67. The van der Waals surface area contributed by atoms with Gasteiger partial charge in [0.05, 0.1) is 17.9 Å². The van der Waals surface area contributed by atoms with Crippen LogP contribution in [0.2, 0.25) is 5.02 Å². The van der Waals surface area contributed by atoms with Gasteiger partial charge in [-0.05, 0) is 25.3 Å². The van der Waals surface area contributed by atoms with E-state index in [0.29, 0.717) is 58.9 Å². The van der Waals surface area contributed by atoms with Crippen molar-refractivity contribution in [2.45, 2.75) is 39.2 Å². The van der Waals surface area contributed by atoms with Gasteiger partial charge >= 0.3 is 5.97 Å². The van der Waals surface area contributed by atoms with Crippen LogP contribution in [0.5, 0.6) is 11.5 Å². The first-order valence-corrected chi connectivity index (χ1v) is 8.72. The first-order chi connectivity index (χ1) is 12.5. The van der Waals surface area contributed by atoms with Crippen LogP contribution in [0.4, 0.5) is 0 Å². The summed E-state index contributed by atoms with van der Waals surface area (Å²) in [6.45, 7) is 3.79. The van der Waals surface area contributed by atoms with E-state index in [1.807, 2.05) is 6.92 Å². The number of aldehydes is 1. The van der Waals surface area contributed by atoms with Crippen LogP contribution in [0.15, 0.2) is 12.3 Å². The second-order valence-corrected chi connectivity index (χ2v) is 6.36. The molecule has 2 aromatic rings. The number of carbonyl (C=O) groups is 2. The second-order valence-electron chi connectivity index (χ2n) is 5.95. The lowest BCUT2D eigenvalue weighted by Gasteiger charge is -2.15. The molecule has 1 aliphatic heterocycles. The van der Waals surface area contributed by atoms with Crippen LogP contribution < -0.4 is 9.47 Å². The number of aromatic nitrogens is 2. The average Bonchev–Trinajstić information content (AvgIpc) is 3.28. The quantitative estimate of drug-likeness (QED) is 0.587. The number of hydrogen-bond donors (Lipinski definition) is 1. The number of ether oxygens (including phenoxy) is 3. The molecule has 1 aromatic heterocycles. The summed E-state index contributed by atoms with van der Waals surface area (Å²) in [6.07, 6.45) is 3.48. The monoisotopic (exact) mass is 378 g/mol. The standard InChI is InChI=1S/C18H19ClN2O5/c1-3-16-20-7-14(21-16)18(23)26-10(2)4-5-11-12(8-22)17-15(6-13(11)19)24-9-25-17/h6-8,10H,3-5,9H2,1-2H3,(H,20,21). The van der Waals surface area contributed by atoms with Crippen LogP contribution in [-0.4, -0.2) is 35.1 Å². The molecule has 3 rings (SSSR count). The summed E-state index contributed by atoms with van der Waals surface area (Å²) in [7, 11) is 0. The van der Waals surface area contributed by atoms with Crippen molar-refractivity contribution in [1.82, 2.24) is 9.97 Å². The van der Waals surface area contributed by atoms with Crippen molar-refractivity contribution < 1.29 is 23.8 Å². The fraction of sp³-hybridized carbons (Fsp3) is 0.389. The van der Waals surface area contributed by atoms with Crippen molar-refractivity contribution in [3.63, 3.8) is 0 Å². The highest BCUT2D eigenvalue weighted by Crippen LogP contribution is 2.41. The van der Waals surface area contributed by atoms with Crippen molar-refractivity contribution >= 4 is 23.9 Å². The first kappa shape index (κ1) is 18.3. The minimum absolute atomic E-state index is 0.0634. The normalized spacial score (nSPS) is 13.5. The molecule has 138 valence electrons. The highest BCUT2D eigenvalue weighted by molar-refractivity contribution is 6.32. The Morgan fingerprint density at radius 3 is 3.00 bits per heavy atom. The molecular formula is C18H19ClN2O5. The van der Waals surface area contributed by atoms with Crippen LogP contribution in [0.1, 0.15) is 52.5 Å². The van der Waals surface area contributed by atoms with E-state index in [9.17, 15) is 9.59 Å². The Kier molecular flexibility index (Phi) is 5.46. The largest absolute Gasteiger partial charge is 0.458 e. The number of nitrogens with one attached hydrogen (secondary N) is 1. The number of esters is 1. The molecule has 26 heavy (non-hydrogen) atoms. The lowest BCUT2D eigenvalue weighted by atomic mass is 10.0. The molecule has 2 heterocycles. The van der Waals surface area contributed by atoms with E-state index >= 15 is 0 Å². The number of halogens is 1. The number of rotatable bonds is 7. The maximum absolute atomic E-state index is 12.1. The number of hydrogen-bond acceptors (Lipinski definition) is 6. The fourth-order valence-electron chi connectivity index (χ4n) is 2.75. The zero-order valence-electron chi connectivity index (χ0n) is 14.5. The smallest absolute Gasteiger partial charge is 0.356 e. The SMILES string of the molecule is CCc1ncc(C(=O)OC(C)CCc2c(Cl)cc3c(c2C=O)OCO3)[nH]1. The summed E-state index contributed by atoms with van der Waals surface area (Å²) < 4.78 is 16.0. The minimum atomic E-state index is -0.461. The van der Waals surface area contributed by atoms with E-state index in [4.69, 9.17) is 25.8 Å². The molecule has 1 unspecified atom stereocenters. The van der Waals surface area contributed by atoms with Crippen LogP contribution in [-0.2, 0) is 17.6 Å². The van der Waals surface area contributed by atoms with Crippen molar-refractivity contribution in [2.24, 2.45) is 0 Å². The summed E-state index contributed by atoms with van der Waals surface area (Å²) in [4.78, 5) is 30.6. The predicted octanol–water partition coefficient (Wildman–Crippen LogP) is 3.34. The van der Waals surface area contributed by atoms with E-state index in [2.05, 4.69) is 9.97 Å². The topological polar surface area (TPSA) is 90.5 Å². The second kappa shape index (κ2) is 7.78.